The standard InChI is InChI=1S/C14H13N3O4/c18-12-9-5-2-1-4-8(9)11(15-16-12)13(19)17-7-3-6-10(17)14(20)21/h1-2,4-5,10H,3,6-7H2,(H,16,18)(H,20,21)/t10-/m1/s1. The molecule has 0 radical (unpaired) electrons. The molecule has 2 heterocycles. The Kier molecular flexibility index (Phi) is 3.17. The number of H-pyrrole nitrogens is 1. The van der Waals surface area contributed by atoms with Gasteiger partial charge < -0.3 is 10.0 Å². The maximum Gasteiger partial charge on any atom is 0.326 e. The summed E-state index contributed by atoms with van der Waals surface area (Å²) in [6, 6.07) is 5.81. The van der Waals surface area contributed by atoms with E-state index in [1.807, 2.05) is 0 Å². The number of carboxylic acid groups (broad SMARTS) is 1. The van der Waals surface area contributed by atoms with Gasteiger partial charge >= 0.3 is 5.97 Å². The maximum atomic E-state index is 12.6. The number of fused-ring (bicyclic) bond motifs is 1. The zero-order valence-electron chi connectivity index (χ0n) is 11.1. The molecule has 21 heavy (non-hydrogen) atoms. The van der Waals surface area contributed by atoms with E-state index in [1.54, 1.807) is 24.3 Å². The highest BCUT2D eigenvalue weighted by molar-refractivity contribution is 6.05. The van der Waals surface area contributed by atoms with Crippen molar-refractivity contribution in [1.29, 1.82) is 0 Å². The molecule has 0 spiro atoms. The van der Waals surface area contributed by atoms with E-state index in [-0.39, 0.29) is 11.3 Å². The average Bonchev–Trinajstić information content (AvgIpc) is 2.97. The molecule has 0 bridgehead atoms. The molecule has 1 saturated heterocycles. The quantitative estimate of drug-likeness (QED) is 0.842. The van der Waals surface area contributed by atoms with E-state index in [4.69, 9.17) is 5.11 Å². The van der Waals surface area contributed by atoms with Gasteiger partial charge in [0.2, 0.25) is 0 Å². The number of aliphatic carboxylic acids is 1. The van der Waals surface area contributed by atoms with Crippen molar-refractivity contribution in [3.05, 3.63) is 40.3 Å². The van der Waals surface area contributed by atoms with Crippen LogP contribution in [0.2, 0.25) is 0 Å². The van der Waals surface area contributed by atoms with Crippen LogP contribution in [-0.4, -0.2) is 44.7 Å². The third-order valence-electron chi connectivity index (χ3n) is 3.70. The van der Waals surface area contributed by atoms with Crippen molar-refractivity contribution in [2.75, 3.05) is 6.54 Å². The van der Waals surface area contributed by atoms with Crippen LogP contribution in [0, 0.1) is 0 Å². The Bertz CT molecular complexity index is 783. The Hall–Kier alpha value is -2.70. The van der Waals surface area contributed by atoms with Crippen LogP contribution in [0.15, 0.2) is 29.1 Å². The molecule has 1 aliphatic heterocycles. The number of benzene rings is 1. The lowest BCUT2D eigenvalue weighted by Crippen LogP contribution is -2.41. The van der Waals surface area contributed by atoms with Gasteiger partial charge in [0, 0.05) is 11.9 Å². The smallest absolute Gasteiger partial charge is 0.326 e. The first-order valence-corrected chi connectivity index (χ1v) is 6.61. The van der Waals surface area contributed by atoms with Gasteiger partial charge in [0.25, 0.3) is 11.5 Å². The Morgan fingerprint density at radius 3 is 2.71 bits per heavy atom. The number of carbonyl (C=O) groups is 2. The Balaban J connectivity index is 2.09. The lowest BCUT2D eigenvalue weighted by atomic mass is 10.1. The second kappa shape index (κ2) is 5.01. The molecule has 0 unspecified atom stereocenters. The molecule has 108 valence electrons. The predicted octanol–water partition coefficient (Wildman–Crippen LogP) is 0.612. The van der Waals surface area contributed by atoms with E-state index in [9.17, 15) is 14.4 Å². The summed E-state index contributed by atoms with van der Waals surface area (Å²) in [5, 5.41) is 16.1. The monoisotopic (exact) mass is 287 g/mol. The first-order chi connectivity index (χ1) is 10.1. The summed E-state index contributed by atoms with van der Waals surface area (Å²) >= 11 is 0. The molecule has 7 nitrogen and oxygen atoms in total. The lowest BCUT2D eigenvalue weighted by molar-refractivity contribution is -0.141. The Labute approximate surface area is 119 Å². The minimum atomic E-state index is -1.02. The van der Waals surface area contributed by atoms with Crippen LogP contribution in [-0.2, 0) is 4.79 Å². The van der Waals surface area contributed by atoms with E-state index >= 15 is 0 Å². The SMILES string of the molecule is O=C(O)[C@H]1CCCN1C(=O)c1n[nH]c(=O)c2ccccc12. The summed E-state index contributed by atoms with van der Waals surface area (Å²) in [6.45, 7) is 0.380. The molecule has 2 aromatic rings. The van der Waals surface area contributed by atoms with Crippen molar-refractivity contribution >= 4 is 22.6 Å². The second-order valence-electron chi connectivity index (χ2n) is 4.94. The fourth-order valence-electron chi connectivity index (χ4n) is 2.68. The number of carboxylic acids is 1. The zero-order chi connectivity index (χ0) is 15.0. The molecule has 1 aliphatic rings. The van der Waals surface area contributed by atoms with Gasteiger partial charge in [-0.3, -0.25) is 9.59 Å². The number of hydrogen-bond acceptors (Lipinski definition) is 4. The van der Waals surface area contributed by atoms with Gasteiger partial charge in [-0.25, -0.2) is 9.89 Å². The first kappa shape index (κ1) is 13.3. The van der Waals surface area contributed by atoms with Gasteiger partial charge in [0.15, 0.2) is 5.69 Å². The number of hydrogen-bond donors (Lipinski definition) is 2. The molecule has 1 aromatic heterocycles. The molecule has 1 atom stereocenters. The molecular weight excluding hydrogens is 274 g/mol. The second-order valence-corrected chi connectivity index (χ2v) is 4.94. The van der Waals surface area contributed by atoms with Crippen LogP contribution < -0.4 is 5.56 Å². The highest BCUT2D eigenvalue weighted by Gasteiger charge is 2.35. The maximum absolute atomic E-state index is 12.6. The van der Waals surface area contributed by atoms with Gasteiger partial charge in [0.05, 0.1) is 5.39 Å². The van der Waals surface area contributed by atoms with E-state index < -0.39 is 17.9 Å². The summed E-state index contributed by atoms with van der Waals surface area (Å²) in [4.78, 5) is 36.8. The van der Waals surface area contributed by atoms with Crippen molar-refractivity contribution in [2.45, 2.75) is 18.9 Å². The highest BCUT2D eigenvalue weighted by atomic mass is 16.4. The molecule has 3 rings (SSSR count). The first-order valence-electron chi connectivity index (χ1n) is 6.61. The highest BCUT2D eigenvalue weighted by Crippen LogP contribution is 2.22. The molecule has 7 heteroatoms. The van der Waals surface area contributed by atoms with Crippen LogP contribution in [0.5, 0.6) is 0 Å². The van der Waals surface area contributed by atoms with Crippen molar-refractivity contribution in [3.63, 3.8) is 0 Å². The fourth-order valence-corrected chi connectivity index (χ4v) is 2.68. The summed E-state index contributed by atoms with van der Waals surface area (Å²) in [6.07, 6.45) is 1.08. The number of rotatable bonds is 2. The number of carbonyl (C=O) groups excluding carboxylic acids is 1. The van der Waals surface area contributed by atoms with Crippen molar-refractivity contribution in [2.24, 2.45) is 0 Å². The molecule has 0 saturated carbocycles. The largest absolute Gasteiger partial charge is 0.480 e. The molecule has 2 N–H and O–H groups in total. The van der Waals surface area contributed by atoms with Crippen molar-refractivity contribution < 1.29 is 14.7 Å². The summed E-state index contributed by atoms with van der Waals surface area (Å²) in [7, 11) is 0. The topological polar surface area (TPSA) is 103 Å². The summed E-state index contributed by atoms with van der Waals surface area (Å²) < 4.78 is 0. The lowest BCUT2D eigenvalue weighted by Gasteiger charge is -2.21. The van der Waals surface area contributed by atoms with Crippen molar-refractivity contribution in [1.82, 2.24) is 15.1 Å². The molecule has 1 aromatic carbocycles. The number of nitrogens with zero attached hydrogens (tertiary/aromatic N) is 2. The number of aromatic nitrogens is 2. The third kappa shape index (κ3) is 2.16. The van der Waals surface area contributed by atoms with Gasteiger partial charge in [-0.15, -0.1) is 0 Å². The van der Waals surface area contributed by atoms with E-state index in [0.29, 0.717) is 30.2 Å². The van der Waals surface area contributed by atoms with Gasteiger partial charge in [-0.1, -0.05) is 18.2 Å². The number of aromatic amines is 1. The van der Waals surface area contributed by atoms with E-state index in [1.165, 1.54) is 4.90 Å². The van der Waals surface area contributed by atoms with Crippen LogP contribution >= 0.6 is 0 Å². The normalized spacial score (nSPS) is 18.1. The average molecular weight is 287 g/mol. The Morgan fingerprint density at radius 1 is 1.29 bits per heavy atom. The number of nitrogens with one attached hydrogen (secondary N) is 1. The van der Waals surface area contributed by atoms with Crippen LogP contribution in [0.1, 0.15) is 23.3 Å². The number of likely N-dealkylation sites (tertiary alicyclic amines) is 1. The number of amides is 1. The van der Waals surface area contributed by atoms with E-state index in [0.717, 1.165) is 0 Å². The van der Waals surface area contributed by atoms with Crippen LogP contribution in [0.3, 0.4) is 0 Å². The minimum absolute atomic E-state index is 0.0818. The third-order valence-corrected chi connectivity index (χ3v) is 3.70. The molecule has 0 aliphatic carbocycles. The molecular formula is C14H13N3O4. The van der Waals surface area contributed by atoms with E-state index in [2.05, 4.69) is 10.2 Å². The summed E-state index contributed by atoms with van der Waals surface area (Å²) in [5.74, 6) is -1.48. The zero-order valence-corrected chi connectivity index (χ0v) is 11.1. The molecule has 1 amide bonds. The predicted molar refractivity (Wildman–Crippen MR) is 74.1 cm³/mol. The van der Waals surface area contributed by atoms with Gasteiger partial charge in [0.1, 0.15) is 6.04 Å². The minimum Gasteiger partial charge on any atom is -0.480 e. The van der Waals surface area contributed by atoms with Gasteiger partial charge in [-0.2, -0.15) is 5.10 Å². The van der Waals surface area contributed by atoms with Gasteiger partial charge in [-0.05, 0) is 18.9 Å². The fraction of sp³-hybridized carbons (Fsp3) is 0.286. The van der Waals surface area contributed by atoms with Crippen molar-refractivity contribution in [3.8, 4) is 0 Å². The Morgan fingerprint density at radius 2 is 2.00 bits per heavy atom. The molecule has 1 fully saturated rings. The summed E-state index contributed by atoms with van der Waals surface area (Å²) in [5.41, 5.74) is -0.295. The van der Waals surface area contributed by atoms with Crippen LogP contribution in [0.4, 0.5) is 0 Å². The van der Waals surface area contributed by atoms with Crippen LogP contribution in [0.25, 0.3) is 10.8 Å².